The highest BCUT2D eigenvalue weighted by molar-refractivity contribution is 6.02. The summed E-state index contributed by atoms with van der Waals surface area (Å²) in [7, 11) is 0. The summed E-state index contributed by atoms with van der Waals surface area (Å²) in [4.78, 5) is 40.2. The zero-order valence-corrected chi connectivity index (χ0v) is 15.3. The van der Waals surface area contributed by atoms with Crippen molar-refractivity contribution >= 4 is 17.7 Å². The topological polar surface area (TPSA) is 102 Å². The van der Waals surface area contributed by atoms with Gasteiger partial charge in [-0.3, -0.25) is 19.3 Å². The minimum absolute atomic E-state index is 0.0274. The number of Topliss-reactive ketones (excluding diaryl/α,β-unsaturated/α-hetero) is 1. The molecule has 0 atom stereocenters. The number of carboxylic acids is 1. The summed E-state index contributed by atoms with van der Waals surface area (Å²) in [6, 6.07) is 0.227. The van der Waals surface area contributed by atoms with Crippen LogP contribution >= 0.6 is 0 Å². The molecular formula is C18H27N3O4. The van der Waals surface area contributed by atoms with E-state index in [1.807, 2.05) is 18.7 Å². The fraction of sp³-hybridized carbons (Fsp3) is 0.611. The van der Waals surface area contributed by atoms with Gasteiger partial charge in [0.15, 0.2) is 5.78 Å². The van der Waals surface area contributed by atoms with Crippen molar-refractivity contribution in [2.45, 2.75) is 59.0 Å². The summed E-state index contributed by atoms with van der Waals surface area (Å²) in [5.41, 5.74) is 2.56. The number of carboxylic acid groups (broad SMARTS) is 1. The number of aromatic amines is 1. The van der Waals surface area contributed by atoms with E-state index >= 15 is 0 Å². The van der Waals surface area contributed by atoms with Crippen LogP contribution in [0.5, 0.6) is 0 Å². The molecule has 0 spiro atoms. The van der Waals surface area contributed by atoms with Crippen molar-refractivity contribution in [1.82, 2.24) is 15.2 Å². The van der Waals surface area contributed by atoms with Crippen LogP contribution in [0.4, 0.5) is 0 Å². The van der Waals surface area contributed by atoms with Crippen molar-refractivity contribution in [3.63, 3.8) is 0 Å². The predicted octanol–water partition coefficient (Wildman–Crippen LogP) is 1.76. The van der Waals surface area contributed by atoms with Gasteiger partial charge < -0.3 is 15.4 Å². The molecular weight excluding hydrogens is 322 g/mol. The van der Waals surface area contributed by atoms with Crippen LogP contribution in [0.3, 0.4) is 0 Å². The largest absolute Gasteiger partial charge is 0.480 e. The van der Waals surface area contributed by atoms with Gasteiger partial charge in [0, 0.05) is 23.3 Å². The van der Waals surface area contributed by atoms with E-state index in [1.54, 1.807) is 6.92 Å². The standard InChI is InChI=1S/C18H27N3O4/c1-5-14-16(11(4)22)10(3)19-17(14)18(25)20-12-7-13(8-12)21(6-2)9-15(23)24/h12-13,19H,5-9H2,1-4H3,(H,20,25)(H,23,24). The van der Waals surface area contributed by atoms with E-state index in [9.17, 15) is 14.4 Å². The highest BCUT2D eigenvalue weighted by Gasteiger charge is 2.35. The van der Waals surface area contributed by atoms with Gasteiger partial charge in [-0.25, -0.2) is 0 Å². The molecule has 1 aromatic rings. The normalized spacial score (nSPS) is 19.6. The van der Waals surface area contributed by atoms with Gasteiger partial charge in [0.2, 0.25) is 0 Å². The first-order chi connectivity index (χ1) is 11.8. The number of ketones is 1. The summed E-state index contributed by atoms with van der Waals surface area (Å²) in [5.74, 6) is -1.07. The van der Waals surface area contributed by atoms with Crippen molar-refractivity contribution in [3.8, 4) is 0 Å². The smallest absolute Gasteiger partial charge is 0.317 e. The molecule has 1 saturated carbocycles. The Bertz CT molecular complexity index is 674. The monoisotopic (exact) mass is 349 g/mol. The molecule has 1 fully saturated rings. The molecule has 7 heteroatoms. The zero-order chi connectivity index (χ0) is 18.7. The Balaban J connectivity index is 2.00. The number of hydrogen-bond acceptors (Lipinski definition) is 4. The second-order valence-electron chi connectivity index (χ2n) is 6.64. The molecule has 138 valence electrons. The molecule has 1 aliphatic rings. The van der Waals surface area contributed by atoms with Gasteiger partial charge in [0.05, 0.1) is 6.54 Å². The fourth-order valence-electron chi connectivity index (χ4n) is 3.63. The summed E-state index contributed by atoms with van der Waals surface area (Å²) >= 11 is 0. The van der Waals surface area contributed by atoms with Gasteiger partial charge in [0.25, 0.3) is 5.91 Å². The fourth-order valence-corrected chi connectivity index (χ4v) is 3.63. The molecule has 0 unspecified atom stereocenters. The van der Waals surface area contributed by atoms with E-state index in [2.05, 4.69) is 10.3 Å². The number of rotatable bonds is 8. The number of likely N-dealkylation sites (N-methyl/N-ethyl adjacent to an activating group) is 1. The number of hydrogen-bond donors (Lipinski definition) is 3. The minimum atomic E-state index is -0.833. The molecule has 7 nitrogen and oxygen atoms in total. The van der Waals surface area contributed by atoms with Crippen LogP contribution in [-0.2, 0) is 11.2 Å². The molecule has 25 heavy (non-hydrogen) atoms. The van der Waals surface area contributed by atoms with Gasteiger partial charge in [-0.1, -0.05) is 13.8 Å². The average molecular weight is 349 g/mol. The van der Waals surface area contributed by atoms with Crippen LogP contribution in [0.15, 0.2) is 0 Å². The molecule has 1 aliphatic carbocycles. The van der Waals surface area contributed by atoms with E-state index in [0.717, 1.165) is 24.1 Å². The first-order valence-electron chi connectivity index (χ1n) is 8.77. The lowest BCUT2D eigenvalue weighted by atomic mass is 9.85. The number of H-pyrrole nitrogens is 1. The van der Waals surface area contributed by atoms with Crippen molar-refractivity contribution < 1.29 is 19.5 Å². The zero-order valence-electron chi connectivity index (χ0n) is 15.3. The van der Waals surface area contributed by atoms with Crippen LogP contribution in [0.1, 0.15) is 65.7 Å². The number of aliphatic carboxylic acids is 1. The number of nitrogens with one attached hydrogen (secondary N) is 2. The first kappa shape index (κ1) is 19.2. The second-order valence-corrected chi connectivity index (χ2v) is 6.64. The van der Waals surface area contributed by atoms with E-state index in [1.165, 1.54) is 6.92 Å². The maximum Gasteiger partial charge on any atom is 0.317 e. The van der Waals surface area contributed by atoms with E-state index in [0.29, 0.717) is 24.2 Å². The minimum Gasteiger partial charge on any atom is -0.480 e. The Morgan fingerprint density at radius 2 is 1.92 bits per heavy atom. The number of amides is 1. The highest BCUT2D eigenvalue weighted by Crippen LogP contribution is 2.27. The lowest BCUT2D eigenvalue weighted by Crippen LogP contribution is -2.54. The maximum absolute atomic E-state index is 12.6. The van der Waals surface area contributed by atoms with Crippen molar-refractivity contribution in [2.24, 2.45) is 0 Å². The summed E-state index contributed by atoms with van der Waals surface area (Å²) in [6.07, 6.45) is 2.10. The summed E-state index contributed by atoms with van der Waals surface area (Å²) in [6.45, 7) is 7.88. The number of aryl methyl sites for hydroxylation is 1. The van der Waals surface area contributed by atoms with Gasteiger partial charge in [-0.15, -0.1) is 0 Å². The average Bonchev–Trinajstić information content (AvgIpc) is 2.84. The summed E-state index contributed by atoms with van der Waals surface area (Å²) in [5, 5.41) is 11.9. The van der Waals surface area contributed by atoms with Gasteiger partial charge in [0.1, 0.15) is 5.69 Å². The lowest BCUT2D eigenvalue weighted by molar-refractivity contribution is -0.139. The van der Waals surface area contributed by atoms with Gasteiger partial charge >= 0.3 is 5.97 Å². The lowest BCUT2D eigenvalue weighted by Gasteiger charge is -2.42. The highest BCUT2D eigenvalue weighted by atomic mass is 16.4. The van der Waals surface area contributed by atoms with Crippen molar-refractivity contribution in [3.05, 3.63) is 22.5 Å². The molecule has 0 bridgehead atoms. The molecule has 0 aromatic carbocycles. The number of carbonyl (C=O) groups excluding carboxylic acids is 2. The van der Waals surface area contributed by atoms with Gasteiger partial charge in [-0.2, -0.15) is 0 Å². The Hall–Kier alpha value is -2.15. The molecule has 0 radical (unpaired) electrons. The molecule has 0 saturated heterocycles. The van der Waals surface area contributed by atoms with Crippen molar-refractivity contribution in [1.29, 1.82) is 0 Å². The van der Waals surface area contributed by atoms with E-state index in [4.69, 9.17) is 5.11 Å². The molecule has 3 N–H and O–H groups in total. The summed E-state index contributed by atoms with van der Waals surface area (Å²) < 4.78 is 0. The third kappa shape index (κ3) is 4.10. The Morgan fingerprint density at radius 1 is 1.28 bits per heavy atom. The molecule has 1 aromatic heterocycles. The van der Waals surface area contributed by atoms with Crippen LogP contribution < -0.4 is 5.32 Å². The second kappa shape index (κ2) is 7.82. The molecule has 0 aliphatic heterocycles. The van der Waals surface area contributed by atoms with Crippen LogP contribution in [0, 0.1) is 6.92 Å². The van der Waals surface area contributed by atoms with E-state index < -0.39 is 5.97 Å². The number of aromatic nitrogens is 1. The quantitative estimate of drug-likeness (QED) is 0.621. The Kier molecular flexibility index (Phi) is 6.00. The maximum atomic E-state index is 12.6. The Labute approximate surface area is 147 Å². The third-order valence-corrected chi connectivity index (χ3v) is 4.93. The molecule has 1 heterocycles. The predicted molar refractivity (Wildman–Crippen MR) is 94.1 cm³/mol. The van der Waals surface area contributed by atoms with Gasteiger partial charge in [-0.05, 0) is 45.2 Å². The van der Waals surface area contributed by atoms with Crippen molar-refractivity contribution in [2.75, 3.05) is 13.1 Å². The third-order valence-electron chi connectivity index (χ3n) is 4.93. The molecule has 2 rings (SSSR count). The Morgan fingerprint density at radius 3 is 2.40 bits per heavy atom. The van der Waals surface area contributed by atoms with Crippen LogP contribution in [0.2, 0.25) is 0 Å². The van der Waals surface area contributed by atoms with E-state index in [-0.39, 0.29) is 30.3 Å². The van der Waals surface area contributed by atoms with Crippen LogP contribution in [-0.4, -0.2) is 57.8 Å². The SMILES string of the molecule is CCc1c(C(=O)NC2CC(N(CC)CC(=O)O)C2)[nH]c(C)c1C(C)=O. The number of nitrogens with zero attached hydrogens (tertiary/aromatic N) is 1. The number of carbonyl (C=O) groups is 3. The first-order valence-corrected chi connectivity index (χ1v) is 8.77. The van der Waals surface area contributed by atoms with Crippen LogP contribution in [0.25, 0.3) is 0 Å². The molecule has 1 amide bonds.